The van der Waals surface area contributed by atoms with Gasteiger partial charge in [-0.3, -0.25) is 4.68 Å². The Kier molecular flexibility index (Phi) is 4.55. The third-order valence-electron chi connectivity index (χ3n) is 3.05. The smallest absolute Gasteiger partial charge is 0.0659 e. The van der Waals surface area contributed by atoms with Gasteiger partial charge in [0.05, 0.1) is 12.7 Å². The molecule has 1 atom stereocenters. The summed E-state index contributed by atoms with van der Waals surface area (Å²) in [7, 11) is 1.99. The predicted molar refractivity (Wildman–Crippen MR) is 77.6 cm³/mol. The molecular weight excluding hydrogens is 290 g/mol. The monoisotopic (exact) mass is 307 g/mol. The van der Waals surface area contributed by atoms with E-state index in [0.29, 0.717) is 6.04 Å². The summed E-state index contributed by atoms with van der Waals surface area (Å²) in [5, 5.41) is 7.71. The standard InChI is InChI=1S/C14H18BrN3/c1-3-14(16-2)12-8-17-18(10-12)9-11-5-4-6-13(15)7-11/h4-8,10,14,16H,3,9H2,1-2H3. The minimum Gasteiger partial charge on any atom is -0.313 e. The largest absolute Gasteiger partial charge is 0.313 e. The Morgan fingerprint density at radius 3 is 2.94 bits per heavy atom. The molecule has 18 heavy (non-hydrogen) atoms. The molecule has 0 bridgehead atoms. The van der Waals surface area contributed by atoms with E-state index < -0.39 is 0 Å². The molecule has 2 aromatic rings. The van der Waals surface area contributed by atoms with Crippen molar-refractivity contribution in [2.75, 3.05) is 7.05 Å². The maximum absolute atomic E-state index is 4.42. The highest BCUT2D eigenvalue weighted by molar-refractivity contribution is 9.10. The summed E-state index contributed by atoms with van der Waals surface area (Å²) in [4.78, 5) is 0. The van der Waals surface area contributed by atoms with E-state index in [4.69, 9.17) is 0 Å². The lowest BCUT2D eigenvalue weighted by Crippen LogP contribution is -2.14. The van der Waals surface area contributed by atoms with E-state index in [2.05, 4.69) is 51.6 Å². The molecule has 0 radical (unpaired) electrons. The molecule has 1 aromatic carbocycles. The molecule has 0 aliphatic heterocycles. The van der Waals surface area contributed by atoms with E-state index in [0.717, 1.165) is 17.4 Å². The highest BCUT2D eigenvalue weighted by Gasteiger charge is 2.08. The van der Waals surface area contributed by atoms with Crippen LogP contribution in [-0.4, -0.2) is 16.8 Å². The van der Waals surface area contributed by atoms with Gasteiger partial charge in [0.1, 0.15) is 0 Å². The van der Waals surface area contributed by atoms with Crippen LogP contribution in [0.15, 0.2) is 41.1 Å². The van der Waals surface area contributed by atoms with E-state index in [1.807, 2.05) is 30.1 Å². The second kappa shape index (κ2) is 6.16. The number of nitrogens with zero attached hydrogens (tertiary/aromatic N) is 2. The minimum absolute atomic E-state index is 0.390. The Morgan fingerprint density at radius 1 is 1.44 bits per heavy atom. The molecule has 1 N–H and O–H groups in total. The molecule has 4 heteroatoms. The van der Waals surface area contributed by atoms with Crippen LogP contribution in [0.5, 0.6) is 0 Å². The SMILES string of the molecule is CCC(NC)c1cnn(Cc2cccc(Br)c2)c1. The number of rotatable bonds is 5. The average molecular weight is 308 g/mol. The number of hydrogen-bond donors (Lipinski definition) is 1. The molecule has 0 spiro atoms. The molecule has 0 fully saturated rings. The molecule has 1 aromatic heterocycles. The van der Waals surface area contributed by atoms with E-state index in [1.165, 1.54) is 11.1 Å². The van der Waals surface area contributed by atoms with Crippen molar-refractivity contribution in [3.05, 3.63) is 52.3 Å². The summed E-state index contributed by atoms with van der Waals surface area (Å²) in [5.41, 5.74) is 2.49. The van der Waals surface area contributed by atoms with Gasteiger partial charge in [-0.25, -0.2) is 0 Å². The van der Waals surface area contributed by atoms with E-state index in [-0.39, 0.29) is 0 Å². The number of benzene rings is 1. The van der Waals surface area contributed by atoms with Crippen LogP contribution in [0.3, 0.4) is 0 Å². The van der Waals surface area contributed by atoms with Crippen molar-refractivity contribution >= 4 is 15.9 Å². The van der Waals surface area contributed by atoms with Crippen molar-refractivity contribution in [2.45, 2.75) is 25.9 Å². The van der Waals surface area contributed by atoms with Gasteiger partial charge in [0.2, 0.25) is 0 Å². The molecule has 1 unspecified atom stereocenters. The van der Waals surface area contributed by atoms with Gasteiger partial charge in [-0.2, -0.15) is 5.10 Å². The van der Waals surface area contributed by atoms with Crippen molar-refractivity contribution in [1.29, 1.82) is 0 Å². The fourth-order valence-corrected chi connectivity index (χ4v) is 2.52. The Balaban J connectivity index is 2.11. The summed E-state index contributed by atoms with van der Waals surface area (Å²) in [6.07, 6.45) is 5.13. The molecule has 2 rings (SSSR count). The molecule has 0 aliphatic rings. The zero-order valence-electron chi connectivity index (χ0n) is 10.7. The van der Waals surface area contributed by atoms with Crippen molar-refractivity contribution in [3.63, 3.8) is 0 Å². The maximum Gasteiger partial charge on any atom is 0.0659 e. The fourth-order valence-electron chi connectivity index (χ4n) is 2.07. The van der Waals surface area contributed by atoms with Crippen LogP contribution in [-0.2, 0) is 6.54 Å². The topological polar surface area (TPSA) is 29.9 Å². The normalized spacial score (nSPS) is 12.6. The van der Waals surface area contributed by atoms with Crippen LogP contribution < -0.4 is 5.32 Å². The van der Waals surface area contributed by atoms with Crippen molar-refractivity contribution in [3.8, 4) is 0 Å². The minimum atomic E-state index is 0.390. The fraction of sp³-hybridized carbons (Fsp3) is 0.357. The van der Waals surface area contributed by atoms with Crippen LogP contribution in [0.25, 0.3) is 0 Å². The zero-order chi connectivity index (χ0) is 13.0. The van der Waals surface area contributed by atoms with E-state index >= 15 is 0 Å². The average Bonchev–Trinajstić information content (AvgIpc) is 2.79. The lowest BCUT2D eigenvalue weighted by molar-refractivity contribution is 0.575. The van der Waals surface area contributed by atoms with Crippen LogP contribution >= 0.6 is 15.9 Å². The maximum atomic E-state index is 4.42. The molecule has 0 aliphatic carbocycles. The molecule has 3 nitrogen and oxygen atoms in total. The van der Waals surface area contributed by atoms with Gasteiger partial charge < -0.3 is 5.32 Å². The van der Waals surface area contributed by atoms with Crippen molar-refractivity contribution in [2.24, 2.45) is 0 Å². The second-order valence-electron chi connectivity index (χ2n) is 4.35. The Morgan fingerprint density at radius 2 is 2.28 bits per heavy atom. The van der Waals surface area contributed by atoms with Gasteiger partial charge in [-0.15, -0.1) is 0 Å². The lowest BCUT2D eigenvalue weighted by Gasteiger charge is -2.10. The Labute approximate surface area is 116 Å². The summed E-state index contributed by atoms with van der Waals surface area (Å²) in [5.74, 6) is 0. The molecule has 1 heterocycles. The van der Waals surface area contributed by atoms with Crippen LogP contribution in [0.2, 0.25) is 0 Å². The molecule has 0 saturated carbocycles. The van der Waals surface area contributed by atoms with Gasteiger partial charge in [0.15, 0.2) is 0 Å². The number of nitrogens with one attached hydrogen (secondary N) is 1. The number of halogens is 1. The van der Waals surface area contributed by atoms with Crippen LogP contribution in [0.1, 0.15) is 30.5 Å². The summed E-state index contributed by atoms with van der Waals surface area (Å²) in [6, 6.07) is 8.71. The molecule has 0 saturated heterocycles. The van der Waals surface area contributed by atoms with Gasteiger partial charge in [0, 0.05) is 22.3 Å². The van der Waals surface area contributed by atoms with E-state index in [9.17, 15) is 0 Å². The number of hydrogen-bond acceptors (Lipinski definition) is 2. The third-order valence-corrected chi connectivity index (χ3v) is 3.54. The first kappa shape index (κ1) is 13.3. The first-order valence-corrected chi connectivity index (χ1v) is 6.96. The quantitative estimate of drug-likeness (QED) is 0.918. The summed E-state index contributed by atoms with van der Waals surface area (Å²) in [6.45, 7) is 2.98. The van der Waals surface area contributed by atoms with Crippen LogP contribution in [0, 0.1) is 0 Å². The first-order valence-electron chi connectivity index (χ1n) is 6.17. The summed E-state index contributed by atoms with van der Waals surface area (Å²) < 4.78 is 3.09. The molecular formula is C14H18BrN3. The highest BCUT2D eigenvalue weighted by Crippen LogP contribution is 2.16. The van der Waals surface area contributed by atoms with Gasteiger partial charge in [-0.1, -0.05) is 35.0 Å². The lowest BCUT2D eigenvalue weighted by atomic mass is 10.1. The van der Waals surface area contributed by atoms with E-state index in [1.54, 1.807) is 0 Å². The number of aromatic nitrogens is 2. The summed E-state index contributed by atoms with van der Waals surface area (Å²) >= 11 is 3.49. The van der Waals surface area contributed by atoms with Crippen molar-refractivity contribution in [1.82, 2.24) is 15.1 Å². The van der Waals surface area contributed by atoms with Gasteiger partial charge in [0.25, 0.3) is 0 Å². The zero-order valence-corrected chi connectivity index (χ0v) is 12.3. The molecule has 0 amide bonds. The molecule has 96 valence electrons. The Bertz CT molecular complexity index is 503. The van der Waals surface area contributed by atoms with Gasteiger partial charge in [-0.05, 0) is 31.2 Å². The highest BCUT2D eigenvalue weighted by atomic mass is 79.9. The third kappa shape index (κ3) is 3.21. The van der Waals surface area contributed by atoms with Crippen LogP contribution in [0.4, 0.5) is 0 Å². The second-order valence-corrected chi connectivity index (χ2v) is 5.27. The Hall–Kier alpha value is -1.13. The van der Waals surface area contributed by atoms with Crippen molar-refractivity contribution < 1.29 is 0 Å². The van der Waals surface area contributed by atoms with Gasteiger partial charge >= 0.3 is 0 Å². The first-order chi connectivity index (χ1) is 8.72. The predicted octanol–water partition coefficient (Wildman–Crippen LogP) is 3.36.